The van der Waals surface area contributed by atoms with Crippen LogP contribution in [0.3, 0.4) is 0 Å². The number of anilines is 1. The van der Waals surface area contributed by atoms with Crippen molar-refractivity contribution in [2.75, 3.05) is 11.6 Å². The molecule has 0 radical (unpaired) electrons. The van der Waals surface area contributed by atoms with E-state index in [-0.39, 0.29) is 16.5 Å². The smallest absolute Gasteiger partial charge is 0.291 e. The van der Waals surface area contributed by atoms with Crippen LogP contribution in [0.15, 0.2) is 70.0 Å². The Balaban J connectivity index is 1.75. The van der Waals surface area contributed by atoms with E-state index >= 15 is 0 Å². The average molecular weight is 359 g/mol. The highest BCUT2D eigenvalue weighted by Gasteiger charge is 2.13. The largest absolute Gasteiger partial charge is 0.451 e. The summed E-state index contributed by atoms with van der Waals surface area (Å²) in [5.41, 5.74) is 1.09. The second-order valence-corrected chi connectivity index (χ2v) is 7.44. The SMILES string of the molecule is CS(=O)(=O)c1ccc(NC(=O)c2ccc(-c3ccc(F)cc3)o2)cc1. The van der Waals surface area contributed by atoms with Gasteiger partial charge < -0.3 is 9.73 Å². The summed E-state index contributed by atoms with van der Waals surface area (Å²) in [6.07, 6.45) is 1.11. The summed E-state index contributed by atoms with van der Waals surface area (Å²) in [7, 11) is -3.29. The molecule has 3 aromatic rings. The molecule has 0 saturated carbocycles. The summed E-state index contributed by atoms with van der Waals surface area (Å²) in [6, 6.07) is 14.7. The van der Waals surface area contributed by atoms with Crippen LogP contribution in [-0.2, 0) is 9.84 Å². The van der Waals surface area contributed by atoms with Gasteiger partial charge in [0.05, 0.1) is 4.90 Å². The molecule has 0 spiro atoms. The lowest BCUT2D eigenvalue weighted by Gasteiger charge is -2.04. The Bertz CT molecular complexity index is 1010. The Kier molecular flexibility index (Phi) is 4.41. The first-order chi connectivity index (χ1) is 11.8. The molecule has 1 aromatic heterocycles. The fraction of sp³-hybridized carbons (Fsp3) is 0.0556. The zero-order valence-electron chi connectivity index (χ0n) is 13.2. The highest BCUT2D eigenvalue weighted by atomic mass is 32.2. The van der Waals surface area contributed by atoms with Crippen LogP contribution in [0.25, 0.3) is 11.3 Å². The van der Waals surface area contributed by atoms with E-state index in [0.717, 1.165) is 6.26 Å². The number of nitrogens with one attached hydrogen (secondary N) is 1. The monoisotopic (exact) mass is 359 g/mol. The number of amides is 1. The summed E-state index contributed by atoms with van der Waals surface area (Å²) in [5.74, 6) is -0.296. The number of halogens is 1. The Hall–Kier alpha value is -2.93. The second kappa shape index (κ2) is 6.52. The van der Waals surface area contributed by atoms with E-state index in [1.165, 1.54) is 42.5 Å². The first-order valence-corrected chi connectivity index (χ1v) is 9.19. The van der Waals surface area contributed by atoms with Crippen molar-refractivity contribution >= 4 is 21.4 Å². The van der Waals surface area contributed by atoms with Gasteiger partial charge in [-0.3, -0.25) is 4.79 Å². The van der Waals surface area contributed by atoms with Crippen molar-refractivity contribution in [1.82, 2.24) is 0 Å². The molecular formula is C18H14FNO4S. The van der Waals surface area contributed by atoms with Crippen molar-refractivity contribution in [2.24, 2.45) is 0 Å². The minimum absolute atomic E-state index is 0.0894. The fourth-order valence-corrected chi connectivity index (χ4v) is 2.84. The summed E-state index contributed by atoms with van der Waals surface area (Å²) in [4.78, 5) is 12.4. The molecule has 0 fully saturated rings. The number of rotatable bonds is 4. The molecule has 7 heteroatoms. The molecule has 128 valence electrons. The molecule has 0 atom stereocenters. The first-order valence-electron chi connectivity index (χ1n) is 7.30. The molecular weight excluding hydrogens is 345 g/mol. The second-order valence-electron chi connectivity index (χ2n) is 5.42. The molecule has 3 rings (SSSR count). The van der Waals surface area contributed by atoms with E-state index < -0.39 is 15.7 Å². The van der Waals surface area contributed by atoms with Crippen LogP contribution >= 0.6 is 0 Å². The van der Waals surface area contributed by atoms with Crippen molar-refractivity contribution in [2.45, 2.75) is 4.90 Å². The third-order valence-corrected chi connectivity index (χ3v) is 4.63. The molecule has 5 nitrogen and oxygen atoms in total. The minimum atomic E-state index is -3.29. The van der Waals surface area contributed by atoms with Gasteiger partial charge in [-0.1, -0.05) is 0 Å². The Morgan fingerprint density at radius 1 is 0.960 bits per heavy atom. The van der Waals surface area contributed by atoms with E-state index in [0.29, 0.717) is 17.0 Å². The first kappa shape index (κ1) is 16.9. The highest BCUT2D eigenvalue weighted by molar-refractivity contribution is 7.90. The number of hydrogen-bond donors (Lipinski definition) is 1. The number of hydrogen-bond acceptors (Lipinski definition) is 4. The van der Waals surface area contributed by atoms with Gasteiger partial charge in [0.25, 0.3) is 5.91 Å². The lowest BCUT2D eigenvalue weighted by atomic mass is 10.2. The van der Waals surface area contributed by atoms with Crippen LogP contribution in [0.5, 0.6) is 0 Å². The van der Waals surface area contributed by atoms with Crippen molar-refractivity contribution in [3.63, 3.8) is 0 Å². The van der Waals surface area contributed by atoms with Crippen molar-refractivity contribution < 1.29 is 22.0 Å². The maximum Gasteiger partial charge on any atom is 0.291 e. The van der Waals surface area contributed by atoms with Gasteiger partial charge in [0, 0.05) is 17.5 Å². The lowest BCUT2D eigenvalue weighted by molar-refractivity contribution is 0.0997. The van der Waals surface area contributed by atoms with Gasteiger partial charge in [0.1, 0.15) is 11.6 Å². The minimum Gasteiger partial charge on any atom is -0.451 e. The quantitative estimate of drug-likeness (QED) is 0.770. The fourth-order valence-electron chi connectivity index (χ4n) is 2.21. The third-order valence-electron chi connectivity index (χ3n) is 3.50. The molecule has 1 N–H and O–H groups in total. The van der Waals surface area contributed by atoms with Crippen molar-refractivity contribution in [1.29, 1.82) is 0 Å². The lowest BCUT2D eigenvalue weighted by Crippen LogP contribution is -2.10. The van der Waals surface area contributed by atoms with Crippen LogP contribution in [0.1, 0.15) is 10.6 Å². The van der Waals surface area contributed by atoms with E-state index in [1.807, 2.05) is 0 Å². The molecule has 25 heavy (non-hydrogen) atoms. The highest BCUT2D eigenvalue weighted by Crippen LogP contribution is 2.23. The van der Waals surface area contributed by atoms with Crippen molar-refractivity contribution in [3.8, 4) is 11.3 Å². The summed E-state index contributed by atoms with van der Waals surface area (Å²) >= 11 is 0. The normalized spacial score (nSPS) is 11.3. The van der Waals surface area contributed by atoms with Crippen LogP contribution in [0.2, 0.25) is 0 Å². The van der Waals surface area contributed by atoms with E-state index in [9.17, 15) is 17.6 Å². The van der Waals surface area contributed by atoms with E-state index in [2.05, 4.69) is 5.32 Å². The molecule has 0 bridgehead atoms. The molecule has 1 amide bonds. The maximum atomic E-state index is 12.9. The Morgan fingerprint density at radius 3 is 2.20 bits per heavy atom. The van der Waals surface area contributed by atoms with Gasteiger partial charge in [-0.25, -0.2) is 12.8 Å². The van der Waals surface area contributed by atoms with Gasteiger partial charge in [-0.05, 0) is 60.7 Å². The predicted molar refractivity (Wildman–Crippen MR) is 91.6 cm³/mol. The van der Waals surface area contributed by atoms with E-state index in [4.69, 9.17) is 4.42 Å². The van der Waals surface area contributed by atoms with Crippen molar-refractivity contribution in [3.05, 3.63) is 72.2 Å². The van der Waals surface area contributed by atoms with Crippen LogP contribution in [0.4, 0.5) is 10.1 Å². The third kappa shape index (κ3) is 3.95. The topological polar surface area (TPSA) is 76.4 Å². The van der Waals surface area contributed by atoms with Crippen LogP contribution < -0.4 is 5.32 Å². The van der Waals surface area contributed by atoms with Gasteiger partial charge in [-0.15, -0.1) is 0 Å². The molecule has 0 aliphatic rings. The summed E-state index contributed by atoms with van der Waals surface area (Å²) < 4.78 is 41.3. The number of sulfone groups is 1. The maximum absolute atomic E-state index is 12.9. The molecule has 2 aromatic carbocycles. The van der Waals surface area contributed by atoms with Gasteiger partial charge in [0.2, 0.25) is 0 Å². The van der Waals surface area contributed by atoms with Gasteiger partial charge in [-0.2, -0.15) is 0 Å². The van der Waals surface area contributed by atoms with E-state index in [1.54, 1.807) is 18.2 Å². The molecule has 0 aliphatic heterocycles. The zero-order valence-corrected chi connectivity index (χ0v) is 14.0. The Morgan fingerprint density at radius 2 is 1.60 bits per heavy atom. The summed E-state index contributed by atoms with van der Waals surface area (Å²) in [6.45, 7) is 0. The van der Waals surface area contributed by atoms with Gasteiger partial charge in [0.15, 0.2) is 15.6 Å². The standard InChI is InChI=1S/C18H14FNO4S/c1-25(22,23)15-8-6-14(7-9-15)20-18(21)17-11-10-16(24-17)12-2-4-13(19)5-3-12/h2-11H,1H3,(H,20,21). The zero-order chi connectivity index (χ0) is 18.0. The average Bonchev–Trinajstić information content (AvgIpc) is 3.05. The molecule has 0 unspecified atom stereocenters. The predicted octanol–water partition coefficient (Wildman–Crippen LogP) is 3.74. The number of furan rings is 1. The molecule has 0 aliphatic carbocycles. The molecule has 1 heterocycles. The van der Waals surface area contributed by atoms with Crippen LogP contribution in [0, 0.1) is 5.82 Å². The summed E-state index contributed by atoms with van der Waals surface area (Å²) in [5, 5.41) is 2.62. The Labute approximate surface area is 144 Å². The number of benzene rings is 2. The number of carbonyl (C=O) groups is 1. The van der Waals surface area contributed by atoms with Gasteiger partial charge >= 0.3 is 0 Å². The molecule has 0 saturated heterocycles. The number of carbonyl (C=O) groups excluding carboxylic acids is 1. The van der Waals surface area contributed by atoms with Crippen LogP contribution in [-0.4, -0.2) is 20.6 Å².